The van der Waals surface area contributed by atoms with Crippen molar-refractivity contribution in [1.82, 2.24) is 9.80 Å². The van der Waals surface area contributed by atoms with Crippen molar-refractivity contribution in [3.05, 3.63) is 71.8 Å². The average molecular weight is 340 g/mol. The summed E-state index contributed by atoms with van der Waals surface area (Å²) in [7, 11) is 0. The summed E-state index contributed by atoms with van der Waals surface area (Å²) in [6, 6.07) is 16.8. The Morgan fingerprint density at radius 3 is 1.44 bits per heavy atom. The summed E-state index contributed by atoms with van der Waals surface area (Å²) < 4.78 is 0. The molecule has 0 amide bonds. The summed E-state index contributed by atoms with van der Waals surface area (Å²) in [6.07, 6.45) is 0. The van der Waals surface area contributed by atoms with Crippen molar-refractivity contribution >= 4 is 11.9 Å². The van der Waals surface area contributed by atoms with E-state index in [4.69, 9.17) is 0 Å². The van der Waals surface area contributed by atoms with Crippen LogP contribution in [0, 0.1) is 0 Å². The summed E-state index contributed by atoms with van der Waals surface area (Å²) in [4.78, 5) is 27.0. The zero-order valence-corrected chi connectivity index (χ0v) is 13.7. The van der Waals surface area contributed by atoms with Gasteiger partial charge in [-0.1, -0.05) is 60.7 Å². The van der Waals surface area contributed by atoms with Crippen LogP contribution in [0.4, 0.5) is 0 Å². The van der Waals surface area contributed by atoms with Crippen molar-refractivity contribution in [2.75, 3.05) is 6.67 Å². The first-order valence-corrected chi connectivity index (χ1v) is 8.08. The molecule has 2 N–H and O–H groups in total. The molecule has 1 saturated heterocycles. The fraction of sp³-hybridized carbons (Fsp3) is 0.263. The van der Waals surface area contributed by atoms with E-state index in [0.717, 1.165) is 11.1 Å². The lowest BCUT2D eigenvalue weighted by molar-refractivity contribution is -0.151. The van der Waals surface area contributed by atoms with Gasteiger partial charge in [-0.15, -0.1) is 0 Å². The molecule has 0 spiro atoms. The molecule has 0 radical (unpaired) electrons. The van der Waals surface area contributed by atoms with E-state index < -0.39 is 24.0 Å². The van der Waals surface area contributed by atoms with Crippen molar-refractivity contribution in [2.45, 2.75) is 25.2 Å². The molecular formula is C19H20N2O4. The van der Waals surface area contributed by atoms with Gasteiger partial charge in [0.15, 0.2) is 0 Å². The van der Waals surface area contributed by atoms with Crippen LogP contribution in [0.25, 0.3) is 0 Å². The molecule has 0 aliphatic carbocycles. The van der Waals surface area contributed by atoms with E-state index in [1.165, 1.54) is 0 Å². The summed E-state index contributed by atoms with van der Waals surface area (Å²) in [5.74, 6) is -2.22. The molecule has 1 aliphatic heterocycles. The maximum Gasteiger partial charge on any atom is 0.323 e. The van der Waals surface area contributed by atoms with Crippen molar-refractivity contribution in [1.29, 1.82) is 0 Å². The van der Waals surface area contributed by atoms with Gasteiger partial charge in [0.1, 0.15) is 12.1 Å². The van der Waals surface area contributed by atoms with Crippen molar-refractivity contribution in [3.8, 4) is 0 Å². The standard InChI is InChI=1S/C19H20N2O4/c22-18(23)16-17(19(24)25)21(12-15-9-5-2-6-10-15)13-20(16)11-14-7-3-1-4-8-14/h1-10,16-17H,11-13H2,(H,22,23)(H,24,25)/t16-,17+. The first-order chi connectivity index (χ1) is 12.1. The molecule has 0 bridgehead atoms. The zero-order valence-electron chi connectivity index (χ0n) is 13.7. The molecule has 6 heteroatoms. The third-order valence-corrected chi connectivity index (χ3v) is 4.41. The molecule has 0 unspecified atom stereocenters. The molecule has 1 fully saturated rings. The minimum atomic E-state index is -1.11. The molecular weight excluding hydrogens is 320 g/mol. The van der Waals surface area contributed by atoms with Gasteiger partial charge in [0, 0.05) is 13.1 Å². The highest BCUT2D eigenvalue weighted by molar-refractivity contribution is 5.86. The van der Waals surface area contributed by atoms with E-state index in [1.54, 1.807) is 9.80 Å². The van der Waals surface area contributed by atoms with Crippen molar-refractivity contribution < 1.29 is 19.8 Å². The van der Waals surface area contributed by atoms with Crippen LogP contribution in [0.1, 0.15) is 11.1 Å². The first kappa shape index (κ1) is 17.1. The molecule has 6 nitrogen and oxygen atoms in total. The van der Waals surface area contributed by atoms with E-state index in [-0.39, 0.29) is 6.67 Å². The highest BCUT2D eigenvalue weighted by Gasteiger charge is 2.48. The number of hydrogen-bond donors (Lipinski definition) is 2. The van der Waals surface area contributed by atoms with Crippen LogP contribution in [0.5, 0.6) is 0 Å². The smallest absolute Gasteiger partial charge is 0.323 e. The van der Waals surface area contributed by atoms with Gasteiger partial charge < -0.3 is 10.2 Å². The largest absolute Gasteiger partial charge is 0.480 e. The summed E-state index contributed by atoms with van der Waals surface area (Å²) >= 11 is 0. The number of carboxylic acid groups (broad SMARTS) is 2. The Hall–Kier alpha value is -2.70. The second kappa shape index (κ2) is 7.46. The van der Waals surface area contributed by atoms with Gasteiger partial charge in [0.05, 0.1) is 6.67 Å². The maximum absolute atomic E-state index is 11.8. The van der Waals surface area contributed by atoms with Gasteiger partial charge in [-0.05, 0) is 11.1 Å². The van der Waals surface area contributed by atoms with Crippen LogP contribution in [-0.4, -0.2) is 50.7 Å². The highest BCUT2D eigenvalue weighted by atomic mass is 16.4. The van der Waals surface area contributed by atoms with Crippen molar-refractivity contribution in [2.24, 2.45) is 0 Å². The number of carboxylic acids is 2. The zero-order chi connectivity index (χ0) is 17.8. The Morgan fingerprint density at radius 2 is 1.12 bits per heavy atom. The maximum atomic E-state index is 11.8. The van der Waals surface area contributed by atoms with Gasteiger partial charge in [0.25, 0.3) is 0 Å². The molecule has 0 aromatic heterocycles. The van der Waals surface area contributed by atoms with E-state index >= 15 is 0 Å². The van der Waals surface area contributed by atoms with Crippen LogP contribution in [0.2, 0.25) is 0 Å². The third kappa shape index (κ3) is 3.87. The minimum absolute atomic E-state index is 0.289. The topological polar surface area (TPSA) is 81.1 Å². The van der Waals surface area contributed by atoms with Gasteiger partial charge in [-0.2, -0.15) is 0 Å². The Morgan fingerprint density at radius 1 is 0.760 bits per heavy atom. The van der Waals surface area contributed by atoms with Crippen molar-refractivity contribution in [3.63, 3.8) is 0 Å². The lowest BCUT2D eigenvalue weighted by Gasteiger charge is -2.22. The second-order valence-corrected chi connectivity index (χ2v) is 6.17. The fourth-order valence-electron chi connectivity index (χ4n) is 3.32. The molecule has 3 rings (SSSR count). The number of aliphatic carboxylic acids is 2. The minimum Gasteiger partial charge on any atom is -0.480 e. The Labute approximate surface area is 145 Å². The Balaban J connectivity index is 1.85. The molecule has 25 heavy (non-hydrogen) atoms. The van der Waals surface area contributed by atoms with Crippen LogP contribution in [-0.2, 0) is 22.7 Å². The predicted molar refractivity (Wildman–Crippen MR) is 91.7 cm³/mol. The summed E-state index contributed by atoms with van der Waals surface area (Å²) in [5.41, 5.74) is 1.92. The number of carbonyl (C=O) groups is 2. The Bertz CT molecular complexity index is 672. The van der Waals surface area contributed by atoms with Crippen LogP contribution >= 0.6 is 0 Å². The number of rotatable bonds is 6. The SMILES string of the molecule is O=C(O)[C@@H]1[C@H](C(=O)O)N(Cc2ccccc2)CN1Cc1ccccc1. The molecule has 1 aliphatic rings. The van der Waals surface area contributed by atoms with Gasteiger partial charge >= 0.3 is 11.9 Å². The van der Waals surface area contributed by atoms with Crippen LogP contribution < -0.4 is 0 Å². The summed E-state index contributed by atoms with van der Waals surface area (Å²) in [6.45, 7) is 1.08. The van der Waals surface area contributed by atoms with Gasteiger partial charge in [-0.3, -0.25) is 19.4 Å². The lowest BCUT2D eigenvalue weighted by Crippen LogP contribution is -2.47. The number of benzene rings is 2. The lowest BCUT2D eigenvalue weighted by atomic mass is 10.1. The van der Waals surface area contributed by atoms with Gasteiger partial charge in [0.2, 0.25) is 0 Å². The fourth-order valence-corrected chi connectivity index (χ4v) is 3.32. The molecule has 0 saturated carbocycles. The molecule has 130 valence electrons. The highest BCUT2D eigenvalue weighted by Crippen LogP contribution is 2.25. The average Bonchev–Trinajstić information content (AvgIpc) is 2.95. The van der Waals surface area contributed by atoms with Crippen LogP contribution in [0.3, 0.4) is 0 Å². The second-order valence-electron chi connectivity index (χ2n) is 6.17. The van der Waals surface area contributed by atoms with E-state index in [1.807, 2.05) is 60.7 Å². The molecule has 1 heterocycles. The van der Waals surface area contributed by atoms with E-state index in [9.17, 15) is 19.8 Å². The summed E-state index contributed by atoms with van der Waals surface area (Å²) in [5, 5.41) is 19.3. The number of nitrogens with zero attached hydrogens (tertiary/aromatic N) is 2. The molecule has 2 aromatic carbocycles. The first-order valence-electron chi connectivity index (χ1n) is 8.08. The van der Waals surface area contributed by atoms with Crippen LogP contribution in [0.15, 0.2) is 60.7 Å². The molecule has 2 atom stereocenters. The normalized spacial score (nSPS) is 21.3. The van der Waals surface area contributed by atoms with E-state index in [2.05, 4.69) is 0 Å². The quantitative estimate of drug-likeness (QED) is 0.835. The number of hydrogen-bond acceptors (Lipinski definition) is 4. The van der Waals surface area contributed by atoms with Gasteiger partial charge in [-0.25, -0.2) is 0 Å². The molecule has 2 aromatic rings. The van der Waals surface area contributed by atoms with E-state index in [0.29, 0.717) is 13.1 Å². The monoisotopic (exact) mass is 340 g/mol. The Kier molecular flexibility index (Phi) is 5.11. The third-order valence-electron chi connectivity index (χ3n) is 4.41. The predicted octanol–water partition coefficient (Wildman–Crippen LogP) is 1.87.